The number of rotatable bonds is 2. The molecule has 0 aliphatic carbocycles. The maximum absolute atomic E-state index is 11.1. The molecule has 4 nitrogen and oxygen atoms in total. The summed E-state index contributed by atoms with van der Waals surface area (Å²) in [7, 11) is -3.39. The molecule has 78 valence electrons. The van der Waals surface area contributed by atoms with Crippen LogP contribution in [0.2, 0.25) is 0 Å². The van der Waals surface area contributed by atoms with Crippen molar-refractivity contribution in [1.82, 2.24) is 0 Å². The smallest absolute Gasteiger partial charge is 0.212 e. The molecule has 0 aromatic heterocycles. The molecule has 5 heteroatoms. The second-order valence-corrected chi connectivity index (χ2v) is 5.70. The molecule has 2 N–H and O–H groups in total. The van der Waals surface area contributed by atoms with Gasteiger partial charge in [-0.3, -0.25) is 0 Å². The van der Waals surface area contributed by atoms with Crippen LogP contribution < -0.4 is 5.14 Å². The zero-order valence-corrected chi connectivity index (χ0v) is 8.93. The van der Waals surface area contributed by atoms with Gasteiger partial charge in [0.2, 0.25) is 10.0 Å². The van der Waals surface area contributed by atoms with Crippen molar-refractivity contribution < 1.29 is 13.2 Å². The fraction of sp³-hybridized carbons (Fsp3) is 1.00. The van der Waals surface area contributed by atoms with Gasteiger partial charge in [-0.1, -0.05) is 6.92 Å². The standard InChI is InChI=1S/C8H17NO3S/c1-3-8(2)6-7(4-5-12-8)13(9,10)11/h7H,3-6H2,1-2H3,(H2,9,10,11). The van der Waals surface area contributed by atoms with Crippen LogP contribution in [0, 0.1) is 0 Å². The van der Waals surface area contributed by atoms with Crippen molar-refractivity contribution in [3.8, 4) is 0 Å². The number of hydrogen-bond donors (Lipinski definition) is 1. The highest BCUT2D eigenvalue weighted by atomic mass is 32.2. The zero-order valence-electron chi connectivity index (χ0n) is 8.12. The molecule has 2 unspecified atom stereocenters. The summed E-state index contributed by atoms with van der Waals surface area (Å²) < 4.78 is 27.7. The summed E-state index contributed by atoms with van der Waals surface area (Å²) in [5.41, 5.74) is -0.310. The Hall–Kier alpha value is -0.130. The number of ether oxygens (including phenoxy) is 1. The van der Waals surface area contributed by atoms with Crippen LogP contribution in [0.15, 0.2) is 0 Å². The molecule has 13 heavy (non-hydrogen) atoms. The van der Waals surface area contributed by atoms with Crippen LogP contribution in [0.25, 0.3) is 0 Å². The first kappa shape index (κ1) is 10.9. The molecule has 0 bridgehead atoms. The molecule has 2 atom stereocenters. The monoisotopic (exact) mass is 207 g/mol. The van der Waals surface area contributed by atoms with Crippen molar-refractivity contribution >= 4 is 10.0 Å². The summed E-state index contributed by atoms with van der Waals surface area (Å²) in [5, 5.41) is 4.68. The van der Waals surface area contributed by atoms with E-state index in [2.05, 4.69) is 0 Å². The second-order valence-electron chi connectivity index (χ2n) is 3.86. The lowest BCUT2D eigenvalue weighted by Crippen LogP contribution is -2.44. The molecule has 0 saturated carbocycles. The van der Waals surface area contributed by atoms with Crippen molar-refractivity contribution in [2.75, 3.05) is 6.61 Å². The zero-order chi connectivity index (χ0) is 10.1. The van der Waals surface area contributed by atoms with Crippen LogP contribution in [-0.4, -0.2) is 25.9 Å². The molecule has 0 amide bonds. The van der Waals surface area contributed by atoms with E-state index in [0.717, 1.165) is 6.42 Å². The summed E-state index contributed by atoms with van der Waals surface area (Å²) in [6, 6.07) is 0. The summed E-state index contributed by atoms with van der Waals surface area (Å²) in [4.78, 5) is 0. The Balaban J connectivity index is 2.73. The van der Waals surface area contributed by atoms with E-state index >= 15 is 0 Å². The van der Waals surface area contributed by atoms with E-state index in [1.54, 1.807) is 0 Å². The van der Waals surface area contributed by atoms with Crippen LogP contribution in [0.4, 0.5) is 0 Å². The Morgan fingerprint density at radius 3 is 2.69 bits per heavy atom. The third-order valence-electron chi connectivity index (χ3n) is 2.76. The lowest BCUT2D eigenvalue weighted by molar-refractivity contribution is -0.0654. The van der Waals surface area contributed by atoms with Crippen molar-refractivity contribution in [3.63, 3.8) is 0 Å². The lowest BCUT2D eigenvalue weighted by Gasteiger charge is -2.36. The first-order chi connectivity index (χ1) is 5.87. The Morgan fingerprint density at radius 2 is 2.23 bits per heavy atom. The first-order valence-electron chi connectivity index (χ1n) is 4.53. The molecule has 1 saturated heterocycles. The fourth-order valence-electron chi connectivity index (χ4n) is 1.61. The predicted molar refractivity (Wildman–Crippen MR) is 50.8 cm³/mol. The van der Waals surface area contributed by atoms with Gasteiger partial charge in [-0.15, -0.1) is 0 Å². The molecular formula is C8H17NO3S. The molecule has 0 spiro atoms. The van der Waals surface area contributed by atoms with E-state index in [-0.39, 0.29) is 5.60 Å². The summed E-state index contributed by atoms with van der Waals surface area (Å²) >= 11 is 0. The molecule has 0 aromatic carbocycles. The lowest BCUT2D eigenvalue weighted by atomic mass is 9.93. The fourth-order valence-corrected chi connectivity index (χ4v) is 2.62. The number of sulfonamides is 1. The van der Waals surface area contributed by atoms with E-state index in [1.165, 1.54) is 0 Å². The minimum atomic E-state index is -3.39. The predicted octanol–water partition coefficient (Wildman–Crippen LogP) is 0.623. The highest BCUT2D eigenvalue weighted by molar-refractivity contribution is 7.89. The van der Waals surface area contributed by atoms with Gasteiger partial charge in [0.05, 0.1) is 10.9 Å². The van der Waals surface area contributed by atoms with E-state index in [4.69, 9.17) is 9.88 Å². The van der Waals surface area contributed by atoms with Gasteiger partial charge in [-0.2, -0.15) is 0 Å². The maximum Gasteiger partial charge on any atom is 0.212 e. The first-order valence-corrected chi connectivity index (χ1v) is 6.14. The molecule has 1 fully saturated rings. The average Bonchev–Trinajstić information content (AvgIpc) is 2.03. The molecule has 1 aliphatic heterocycles. The third-order valence-corrected chi connectivity index (χ3v) is 4.09. The van der Waals surface area contributed by atoms with Crippen LogP contribution in [0.5, 0.6) is 0 Å². The maximum atomic E-state index is 11.1. The quantitative estimate of drug-likeness (QED) is 0.721. The van der Waals surface area contributed by atoms with E-state index in [1.807, 2.05) is 13.8 Å². The Morgan fingerprint density at radius 1 is 1.62 bits per heavy atom. The van der Waals surface area contributed by atoms with E-state index in [0.29, 0.717) is 19.4 Å². The summed E-state index contributed by atoms with van der Waals surface area (Å²) in [5.74, 6) is 0. The molecule has 0 aromatic rings. The molecule has 1 rings (SSSR count). The topological polar surface area (TPSA) is 69.4 Å². The minimum absolute atomic E-state index is 0.310. The van der Waals surface area contributed by atoms with Crippen LogP contribution in [-0.2, 0) is 14.8 Å². The average molecular weight is 207 g/mol. The largest absolute Gasteiger partial charge is 0.375 e. The van der Waals surface area contributed by atoms with Gasteiger partial charge < -0.3 is 4.74 Å². The number of primary sulfonamides is 1. The van der Waals surface area contributed by atoms with E-state index in [9.17, 15) is 8.42 Å². The van der Waals surface area contributed by atoms with Gasteiger partial charge >= 0.3 is 0 Å². The molecular weight excluding hydrogens is 190 g/mol. The van der Waals surface area contributed by atoms with Crippen LogP contribution >= 0.6 is 0 Å². The Labute approximate surface area is 79.5 Å². The van der Waals surface area contributed by atoms with Gasteiger partial charge in [0.1, 0.15) is 0 Å². The summed E-state index contributed by atoms with van der Waals surface area (Å²) in [6.45, 7) is 4.42. The second kappa shape index (κ2) is 3.55. The van der Waals surface area contributed by atoms with Crippen molar-refractivity contribution in [1.29, 1.82) is 0 Å². The number of nitrogens with two attached hydrogens (primary N) is 1. The molecule has 1 heterocycles. The van der Waals surface area contributed by atoms with Crippen molar-refractivity contribution in [2.24, 2.45) is 5.14 Å². The van der Waals surface area contributed by atoms with Gasteiger partial charge in [0.25, 0.3) is 0 Å². The molecule has 0 radical (unpaired) electrons. The van der Waals surface area contributed by atoms with Crippen molar-refractivity contribution in [2.45, 2.75) is 44.0 Å². The summed E-state index contributed by atoms with van der Waals surface area (Å²) in [6.07, 6.45) is 1.86. The van der Waals surface area contributed by atoms with Gasteiger partial charge in [-0.05, 0) is 26.2 Å². The normalized spacial score (nSPS) is 36.1. The molecule has 1 aliphatic rings. The van der Waals surface area contributed by atoms with Gasteiger partial charge in [0.15, 0.2) is 0 Å². The highest BCUT2D eigenvalue weighted by Gasteiger charge is 2.36. The van der Waals surface area contributed by atoms with Crippen LogP contribution in [0.3, 0.4) is 0 Å². The minimum Gasteiger partial charge on any atom is -0.375 e. The van der Waals surface area contributed by atoms with Gasteiger partial charge in [0, 0.05) is 6.61 Å². The Bertz CT molecular complexity index is 275. The highest BCUT2D eigenvalue weighted by Crippen LogP contribution is 2.30. The van der Waals surface area contributed by atoms with E-state index < -0.39 is 15.3 Å². The number of hydrogen-bond acceptors (Lipinski definition) is 3. The van der Waals surface area contributed by atoms with Crippen LogP contribution in [0.1, 0.15) is 33.1 Å². The van der Waals surface area contributed by atoms with Gasteiger partial charge in [-0.25, -0.2) is 13.6 Å². The Kier molecular flexibility index (Phi) is 2.99. The SMILES string of the molecule is CCC1(C)CC(S(N)(=O)=O)CCO1. The van der Waals surface area contributed by atoms with Crippen molar-refractivity contribution in [3.05, 3.63) is 0 Å². The third kappa shape index (κ3) is 2.65.